The number of carbonyl (C=O) groups excluding carboxylic acids is 2. The predicted octanol–water partition coefficient (Wildman–Crippen LogP) is 3.10. The number of anilines is 1. The molecule has 192 valence electrons. The van der Waals surface area contributed by atoms with Crippen LogP contribution < -0.4 is 10.5 Å². The van der Waals surface area contributed by atoms with E-state index >= 15 is 0 Å². The number of esters is 1. The monoisotopic (exact) mass is 530 g/mol. The largest absolute Gasteiger partial charge is 0.466 e. The summed E-state index contributed by atoms with van der Waals surface area (Å²) < 4.78 is 12.5. The van der Waals surface area contributed by atoms with Gasteiger partial charge in [-0.25, -0.2) is 4.98 Å². The van der Waals surface area contributed by atoms with Crippen LogP contribution in [0.2, 0.25) is 0 Å². The third-order valence-corrected chi connectivity index (χ3v) is 7.56. The number of hydrogen-bond donors (Lipinski definition) is 0. The second-order valence-electron chi connectivity index (χ2n) is 8.48. The summed E-state index contributed by atoms with van der Waals surface area (Å²) >= 11 is 6.64. The maximum absolute atomic E-state index is 13.5. The van der Waals surface area contributed by atoms with Crippen molar-refractivity contribution in [1.82, 2.24) is 14.3 Å². The van der Waals surface area contributed by atoms with Gasteiger partial charge >= 0.3 is 5.97 Å². The molecule has 0 aromatic carbocycles. The maximum atomic E-state index is 13.5. The van der Waals surface area contributed by atoms with Gasteiger partial charge in [0, 0.05) is 39.0 Å². The molecule has 2 aromatic heterocycles. The van der Waals surface area contributed by atoms with E-state index in [0.717, 1.165) is 0 Å². The van der Waals surface area contributed by atoms with Crippen molar-refractivity contribution in [1.29, 1.82) is 0 Å². The number of pyridine rings is 1. The summed E-state index contributed by atoms with van der Waals surface area (Å²) in [6, 6.07) is 5.37. The van der Waals surface area contributed by atoms with Gasteiger partial charge in [-0.1, -0.05) is 30.0 Å². The molecular weight excluding hydrogens is 500 g/mol. The lowest BCUT2D eigenvalue weighted by atomic mass is 9.96. The molecule has 2 aromatic rings. The zero-order valence-corrected chi connectivity index (χ0v) is 22.1. The van der Waals surface area contributed by atoms with E-state index in [1.54, 1.807) is 36.2 Å². The van der Waals surface area contributed by atoms with Gasteiger partial charge in [-0.05, 0) is 51.3 Å². The first-order valence-electron chi connectivity index (χ1n) is 12.2. The summed E-state index contributed by atoms with van der Waals surface area (Å²) in [5.74, 6) is -0.0581. The molecule has 0 N–H and O–H groups in total. The van der Waals surface area contributed by atoms with Gasteiger partial charge < -0.3 is 14.4 Å². The Kier molecular flexibility index (Phi) is 8.76. The van der Waals surface area contributed by atoms with Gasteiger partial charge in [0.15, 0.2) is 0 Å². The summed E-state index contributed by atoms with van der Waals surface area (Å²) in [4.78, 5) is 47.6. The van der Waals surface area contributed by atoms with E-state index in [0.29, 0.717) is 85.0 Å². The van der Waals surface area contributed by atoms with E-state index in [-0.39, 0.29) is 23.4 Å². The zero-order valence-electron chi connectivity index (χ0n) is 20.5. The fourth-order valence-electron chi connectivity index (χ4n) is 4.34. The number of rotatable bonds is 9. The highest BCUT2D eigenvalue weighted by atomic mass is 32.2. The number of nitrogens with zero attached hydrogens (tertiary/aromatic N) is 4. The number of amides is 1. The molecule has 0 atom stereocenters. The molecule has 2 aliphatic heterocycles. The highest BCUT2D eigenvalue weighted by molar-refractivity contribution is 8.26. The number of hydrogen-bond acceptors (Lipinski definition) is 9. The maximum Gasteiger partial charge on any atom is 0.309 e. The van der Waals surface area contributed by atoms with Crippen molar-refractivity contribution in [2.24, 2.45) is 5.92 Å². The molecule has 36 heavy (non-hydrogen) atoms. The van der Waals surface area contributed by atoms with Gasteiger partial charge in [-0.15, -0.1) is 0 Å². The molecule has 11 heteroatoms. The van der Waals surface area contributed by atoms with Crippen molar-refractivity contribution in [2.45, 2.75) is 33.1 Å². The molecule has 0 bridgehead atoms. The average Bonchev–Trinajstić information content (AvgIpc) is 3.15. The predicted molar refractivity (Wildman–Crippen MR) is 144 cm³/mol. The molecule has 0 radical (unpaired) electrons. The van der Waals surface area contributed by atoms with Crippen LogP contribution >= 0.6 is 24.0 Å². The number of fused-ring (bicyclic) bond motifs is 1. The molecule has 0 saturated carbocycles. The average molecular weight is 531 g/mol. The van der Waals surface area contributed by atoms with Crippen molar-refractivity contribution in [3.63, 3.8) is 0 Å². The van der Waals surface area contributed by atoms with Gasteiger partial charge in [0.2, 0.25) is 0 Å². The summed E-state index contributed by atoms with van der Waals surface area (Å²) in [5.41, 5.74) is 0.596. The summed E-state index contributed by atoms with van der Waals surface area (Å²) in [7, 11) is 0. The number of thiocarbonyl (C=S) groups is 1. The first-order chi connectivity index (χ1) is 17.4. The Morgan fingerprint density at radius 2 is 2.00 bits per heavy atom. The lowest BCUT2D eigenvalue weighted by Gasteiger charge is -2.32. The summed E-state index contributed by atoms with van der Waals surface area (Å²) in [6.07, 6.45) is 5.17. The second kappa shape index (κ2) is 12.0. The van der Waals surface area contributed by atoms with Gasteiger partial charge in [-0.2, -0.15) is 0 Å². The standard InChI is InChI=1S/C25H30N4O5S2/c1-3-33-15-7-12-29-23(31)19(36-25(29)35)16-18-21(26-20-8-5-6-11-28(20)22(18)30)27-13-9-17(10-14-27)24(32)34-4-2/h5-6,8,11,16-17H,3-4,7,9-10,12-15H2,1-2H3/b19-16-. The number of thioether (sulfide) groups is 1. The third kappa shape index (κ3) is 5.63. The third-order valence-electron chi connectivity index (χ3n) is 6.19. The van der Waals surface area contributed by atoms with Crippen molar-refractivity contribution in [3.8, 4) is 0 Å². The van der Waals surface area contributed by atoms with Crippen molar-refractivity contribution < 1.29 is 19.1 Å². The Morgan fingerprint density at radius 1 is 1.22 bits per heavy atom. The molecule has 0 unspecified atom stereocenters. The molecule has 2 saturated heterocycles. The number of ether oxygens (including phenoxy) is 2. The molecule has 9 nitrogen and oxygen atoms in total. The van der Waals surface area contributed by atoms with Crippen LogP contribution in [-0.2, 0) is 19.1 Å². The first kappa shape index (κ1) is 26.3. The van der Waals surface area contributed by atoms with Gasteiger partial charge in [0.1, 0.15) is 15.8 Å². The molecule has 4 heterocycles. The number of aromatic nitrogens is 2. The van der Waals surface area contributed by atoms with Crippen molar-refractivity contribution >= 4 is 57.7 Å². The smallest absolute Gasteiger partial charge is 0.309 e. The fraction of sp³-hybridized carbons (Fsp3) is 0.480. The highest BCUT2D eigenvalue weighted by Crippen LogP contribution is 2.34. The second-order valence-corrected chi connectivity index (χ2v) is 10.2. The molecule has 2 aliphatic rings. The highest BCUT2D eigenvalue weighted by Gasteiger charge is 2.33. The Labute approximate surface area is 219 Å². The van der Waals surface area contributed by atoms with E-state index in [1.165, 1.54) is 16.2 Å². The Morgan fingerprint density at radius 3 is 2.72 bits per heavy atom. The summed E-state index contributed by atoms with van der Waals surface area (Å²) in [5, 5.41) is 0. The quantitative estimate of drug-likeness (QED) is 0.210. The van der Waals surface area contributed by atoms with Crippen LogP contribution in [-0.4, -0.2) is 69.9 Å². The Hall–Kier alpha value is -2.76. The number of piperidine rings is 1. The molecule has 0 aliphatic carbocycles. The lowest BCUT2D eigenvalue weighted by Crippen LogP contribution is -2.39. The van der Waals surface area contributed by atoms with Crippen LogP contribution in [0.5, 0.6) is 0 Å². The van der Waals surface area contributed by atoms with Crippen LogP contribution in [0.1, 0.15) is 38.7 Å². The van der Waals surface area contributed by atoms with Gasteiger partial charge in [0.25, 0.3) is 11.5 Å². The molecule has 2 fully saturated rings. The van der Waals surface area contributed by atoms with Crippen LogP contribution in [0.15, 0.2) is 34.1 Å². The Bertz CT molecular complexity index is 1240. The molecule has 4 rings (SSSR count). The van der Waals surface area contributed by atoms with Gasteiger partial charge in [0.05, 0.1) is 23.0 Å². The van der Waals surface area contributed by atoms with Crippen LogP contribution in [0.25, 0.3) is 11.7 Å². The summed E-state index contributed by atoms with van der Waals surface area (Å²) in [6.45, 7) is 6.83. The lowest BCUT2D eigenvalue weighted by molar-refractivity contribution is -0.148. The first-order valence-corrected chi connectivity index (χ1v) is 13.4. The van der Waals surface area contributed by atoms with E-state index in [4.69, 9.17) is 26.7 Å². The molecule has 0 spiro atoms. The Balaban J connectivity index is 1.64. The van der Waals surface area contributed by atoms with Crippen molar-refractivity contribution in [2.75, 3.05) is 44.4 Å². The van der Waals surface area contributed by atoms with Gasteiger partial charge in [-0.3, -0.25) is 23.7 Å². The fourth-order valence-corrected chi connectivity index (χ4v) is 5.63. The van der Waals surface area contributed by atoms with E-state index in [2.05, 4.69) is 0 Å². The van der Waals surface area contributed by atoms with E-state index < -0.39 is 0 Å². The normalized spacial score (nSPS) is 18.0. The minimum Gasteiger partial charge on any atom is -0.466 e. The SMILES string of the molecule is CCOCCCN1C(=O)/C(=C/c2c(N3CCC(C(=O)OCC)CC3)nc3ccccn3c2=O)SC1=S. The van der Waals surface area contributed by atoms with E-state index in [9.17, 15) is 14.4 Å². The van der Waals surface area contributed by atoms with Crippen LogP contribution in [0, 0.1) is 5.92 Å². The van der Waals surface area contributed by atoms with Crippen LogP contribution in [0.4, 0.5) is 5.82 Å². The molecule has 1 amide bonds. The zero-order chi connectivity index (χ0) is 25.7. The van der Waals surface area contributed by atoms with Crippen LogP contribution in [0.3, 0.4) is 0 Å². The van der Waals surface area contributed by atoms with Crippen molar-refractivity contribution in [3.05, 3.63) is 45.2 Å². The minimum absolute atomic E-state index is 0.167. The number of carbonyl (C=O) groups is 2. The van der Waals surface area contributed by atoms with E-state index in [1.807, 2.05) is 17.9 Å². The topological polar surface area (TPSA) is 93.4 Å². The molecular formula is C25H30N4O5S2. The minimum atomic E-state index is -0.260.